The largest absolute Gasteiger partial charge is 0.450 e. The van der Waals surface area contributed by atoms with E-state index >= 15 is 0 Å². The molecule has 5 heteroatoms. The summed E-state index contributed by atoms with van der Waals surface area (Å²) in [5.74, 6) is 0. The van der Waals surface area contributed by atoms with Crippen LogP contribution >= 0.6 is 0 Å². The molecule has 0 spiro atoms. The Morgan fingerprint density at radius 2 is 0.638 bits per heavy atom. The monoisotopic (exact) mass is 600 g/mol. The van der Waals surface area contributed by atoms with Gasteiger partial charge in [-0.3, -0.25) is 0 Å². The predicted octanol–water partition coefficient (Wildman–Crippen LogP) is 9.21. The summed E-state index contributed by atoms with van der Waals surface area (Å²) >= 11 is 0. The Bertz CT molecular complexity index is 2560. The van der Waals surface area contributed by atoms with Crippen LogP contribution in [0.15, 0.2) is 158 Å². The highest BCUT2D eigenvalue weighted by Gasteiger charge is 2.18. The maximum Gasteiger partial charge on any atom is 0.326 e. The lowest BCUT2D eigenvalue weighted by atomic mass is 9.89. The molecule has 3 aromatic heterocycles. The molecule has 0 fully saturated rings. The van der Waals surface area contributed by atoms with Gasteiger partial charge in [0.1, 0.15) is 0 Å². The first-order chi connectivity index (χ1) is 23.3. The Kier molecular flexibility index (Phi) is 5.57. The van der Waals surface area contributed by atoms with Gasteiger partial charge in [0.05, 0.1) is 33.1 Å². The molecule has 0 amide bonds. The van der Waals surface area contributed by atoms with E-state index in [9.17, 15) is 5.02 Å². The number of nitrogens with zero attached hydrogens (tertiary/aromatic N) is 3. The third-order valence-electron chi connectivity index (χ3n) is 9.71. The maximum absolute atomic E-state index is 9.61. The molecule has 0 bridgehead atoms. The summed E-state index contributed by atoms with van der Waals surface area (Å²) in [6.45, 7) is 0. The van der Waals surface area contributed by atoms with Gasteiger partial charge in [-0.25, -0.2) is 0 Å². The van der Waals surface area contributed by atoms with Gasteiger partial charge < -0.3 is 18.7 Å². The lowest BCUT2D eigenvalue weighted by Crippen LogP contribution is -2.12. The Morgan fingerprint density at radius 1 is 0.319 bits per heavy atom. The molecule has 0 atom stereocenters. The van der Waals surface area contributed by atoms with Crippen LogP contribution in [0, 0.1) is 0 Å². The number of hydrogen-bond donors (Lipinski definition) is 1. The molecular formula is C42H27BN3O. The Hall–Kier alpha value is -6.04. The van der Waals surface area contributed by atoms with Crippen LogP contribution in [0.2, 0.25) is 0 Å². The first-order valence-electron chi connectivity index (χ1n) is 15.9. The molecule has 0 unspecified atom stereocenters. The molecule has 0 aliphatic carbocycles. The summed E-state index contributed by atoms with van der Waals surface area (Å²) in [6.07, 6.45) is 0. The fraction of sp³-hybridized carbons (Fsp3) is 0. The smallest absolute Gasteiger partial charge is 0.326 e. The molecule has 4 nitrogen and oxygen atoms in total. The van der Waals surface area contributed by atoms with Crippen LogP contribution in [0.1, 0.15) is 0 Å². The van der Waals surface area contributed by atoms with Crippen molar-refractivity contribution in [1.29, 1.82) is 0 Å². The highest BCUT2D eigenvalue weighted by molar-refractivity contribution is 6.45. The van der Waals surface area contributed by atoms with E-state index in [0.29, 0.717) is 0 Å². The van der Waals surface area contributed by atoms with Crippen molar-refractivity contribution in [3.63, 3.8) is 0 Å². The average Bonchev–Trinajstić information content (AvgIpc) is 3.77. The molecule has 10 aromatic rings. The second kappa shape index (κ2) is 9.98. The van der Waals surface area contributed by atoms with Gasteiger partial charge in [0, 0.05) is 49.4 Å². The van der Waals surface area contributed by atoms with E-state index in [1.165, 1.54) is 54.4 Å². The summed E-state index contributed by atoms with van der Waals surface area (Å²) in [7, 11) is 1.14. The zero-order chi connectivity index (χ0) is 31.1. The minimum atomic E-state index is 0.775. The zero-order valence-electron chi connectivity index (χ0n) is 25.4. The highest BCUT2D eigenvalue weighted by atomic mass is 16.2. The van der Waals surface area contributed by atoms with Crippen molar-refractivity contribution >= 4 is 78.4 Å². The van der Waals surface area contributed by atoms with Crippen molar-refractivity contribution < 1.29 is 5.02 Å². The number of rotatable bonds is 4. The van der Waals surface area contributed by atoms with E-state index in [1.54, 1.807) is 0 Å². The fourth-order valence-electron chi connectivity index (χ4n) is 7.67. The van der Waals surface area contributed by atoms with Crippen LogP contribution in [-0.4, -0.2) is 26.2 Å². The minimum absolute atomic E-state index is 0.775. The summed E-state index contributed by atoms with van der Waals surface area (Å²) in [5, 5.41) is 17.0. The molecule has 7 aromatic carbocycles. The van der Waals surface area contributed by atoms with E-state index < -0.39 is 0 Å². The van der Waals surface area contributed by atoms with E-state index in [2.05, 4.69) is 159 Å². The molecule has 0 saturated heterocycles. The number of benzene rings is 7. The fourth-order valence-corrected chi connectivity index (χ4v) is 7.67. The molecule has 1 N–H and O–H groups in total. The molecule has 3 heterocycles. The minimum Gasteiger partial charge on any atom is -0.450 e. The van der Waals surface area contributed by atoms with Crippen LogP contribution in [0.5, 0.6) is 0 Å². The van der Waals surface area contributed by atoms with Crippen molar-refractivity contribution in [1.82, 2.24) is 13.7 Å². The van der Waals surface area contributed by atoms with Crippen LogP contribution in [0.4, 0.5) is 0 Å². The van der Waals surface area contributed by atoms with Crippen LogP contribution in [-0.2, 0) is 0 Å². The van der Waals surface area contributed by atoms with Crippen LogP contribution in [0.25, 0.3) is 82.5 Å². The Balaban J connectivity index is 1.29. The first-order valence-corrected chi connectivity index (χ1v) is 15.9. The molecule has 0 aliphatic rings. The third kappa shape index (κ3) is 3.75. The molecule has 0 aliphatic heterocycles. The van der Waals surface area contributed by atoms with Crippen molar-refractivity contribution in [3.05, 3.63) is 158 Å². The van der Waals surface area contributed by atoms with Gasteiger partial charge in [-0.05, 0) is 72.8 Å². The van der Waals surface area contributed by atoms with Crippen molar-refractivity contribution in [2.24, 2.45) is 0 Å². The summed E-state index contributed by atoms with van der Waals surface area (Å²) < 4.78 is 7.10. The second-order valence-corrected chi connectivity index (χ2v) is 12.2. The molecule has 1 radical (unpaired) electrons. The summed E-state index contributed by atoms with van der Waals surface area (Å²) in [6, 6.07) is 56.3. The number of aromatic nitrogens is 3. The molecular weight excluding hydrogens is 573 g/mol. The molecule has 219 valence electrons. The lowest BCUT2D eigenvalue weighted by Gasteiger charge is -2.11. The number of fused-ring (bicyclic) bond motifs is 9. The third-order valence-corrected chi connectivity index (χ3v) is 9.71. The van der Waals surface area contributed by atoms with Gasteiger partial charge in [0.15, 0.2) is 0 Å². The van der Waals surface area contributed by atoms with Crippen molar-refractivity contribution in [2.45, 2.75) is 0 Å². The quantitative estimate of drug-likeness (QED) is 0.201. The first kappa shape index (κ1) is 26.2. The Morgan fingerprint density at radius 3 is 1.02 bits per heavy atom. The maximum atomic E-state index is 9.61. The zero-order valence-corrected chi connectivity index (χ0v) is 25.4. The Labute approximate surface area is 271 Å². The summed E-state index contributed by atoms with van der Waals surface area (Å²) in [4.78, 5) is 0. The molecule has 10 rings (SSSR count). The van der Waals surface area contributed by atoms with Gasteiger partial charge in [0.2, 0.25) is 0 Å². The SMILES string of the molecule is O[B]c1ccc(-n2c3ccc(-n4c5ccccc5c5ccccc54)cc3c3cc(-n4c5ccccc5c5ccccc54)ccc32)cc1. The predicted molar refractivity (Wildman–Crippen MR) is 197 cm³/mol. The lowest BCUT2D eigenvalue weighted by molar-refractivity contribution is 0.615. The molecule has 47 heavy (non-hydrogen) atoms. The summed E-state index contributed by atoms with van der Waals surface area (Å²) in [5.41, 5.74) is 11.1. The van der Waals surface area contributed by atoms with Gasteiger partial charge >= 0.3 is 7.48 Å². The average molecular weight is 601 g/mol. The van der Waals surface area contributed by atoms with E-state index in [1.807, 2.05) is 12.1 Å². The highest BCUT2D eigenvalue weighted by Crippen LogP contribution is 2.39. The second-order valence-electron chi connectivity index (χ2n) is 12.2. The topological polar surface area (TPSA) is 35.0 Å². The van der Waals surface area contributed by atoms with Crippen molar-refractivity contribution in [3.8, 4) is 17.1 Å². The van der Waals surface area contributed by atoms with Gasteiger partial charge in [-0.2, -0.15) is 0 Å². The van der Waals surface area contributed by atoms with E-state index in [4.69, 9.17) is 0 Å². The van der Waals surface area contributed by atoms with Crippen molar-refractivity contribution in [2.75, 3.05) is 0 Å². The van der Waals surface area contributed by atoms with Gasteiger partial charge in [-0.1, -0.05) is 90.4 Å². The molecule has 0 saturated carbocycles. The normalized spacial score (nSPS) is 11.9. The standard InChI is InChI=1S/C42H27BN3O/c47-43-27-17-19-28(20-18-27)44-41-23-21-29(45-37-13-5-1-9-31(37)32-10-2-6-14-38(32)45)25-35(41)36-26-30(22-24-42(36)44)46-39-15-7-3-11-33(39)34-12-4-8-16-40(34)46/h1-26,47H. The van der Waals surface area contributed by atoms with Crippen LogP contribution in [0.3, 0.4) is 0 Å². The van der Waals surface area contributed by atoms with Gasteiger partial charge in [0.25, 0.3) is 0 Å². The number of para-hydroxylation sites is 4. The van der Waals surface area contributed by atoms with Gasteiger partial charge in [-0.15, -0.1) is 0 Å². The number of hydrogen-bond acceptors (Lipinski definition) is 1. The van der Waals surface area contributed by atoms with E-state index in [-0.39, 0.29) is 0 Å². The van der Waals surface area contributed by atoms with E-state index in [0.717, 1.165) is 41.0 Å². The van der Waals surface area contributed by atoms with Crippen LogP contribution < -0.4 is 5.46 Å².